The summed E-state index contributed by atoms with van der Waals surface area (Å²) in [6, 6.07) is 5.89. The van der Waals surface area contributed by atoms with Gasteiger partial charge in [0.1, 0.15) is 0 Å². The molecule has 2 saturated heterocycles. The topological polar surface area (TPSA) is 71.5 Å². The Morgan fingerprint density at radius 2 is 2.08 bits per heavy atom. The summed E-state index contributed by atoms with van der Waals surface area (Å²) in [6.45, 7) is 4.08. The Morgan fingerprint density at radius 1 is 1.29 bits per heavy atom. The molecule has 0 unspecified atom stereocenters. The van der Waals surface area contributed by atoms with Crippen molar-refractivity contribution >= 4 is 11.8 Å². The van der Waals surface area contributed by atoms with Crippen LogP contribution in [0.4, 0.5) is 0 Å². The van der Waals surface area contributed by atoms with Gasteiger partial charge in [0, 0.05) is 32.6 Å². The number of amides is 2. The summed E-state index contributed by atoms with van der Waals surface area (Å²) in [5, 5.41) is 2.77. The third-order valence-electron chi connectivity index (χ3n) is 4.79. The second-order valence-corrected chi connectivity index (χ2v) is 6.54. The number of likely N-dealkylation sites (tertiary alicyclic amines) is 1. The third kappa shape index (κ3) is 3.93. The number of nitrogens with zero attached hydrogens (tertiary/aromatic N) is 2. The van der Waals surface area contributed by atoms with Crippen molar-refractivity contribution in [3.63, 3.8) is 0 Å². The molecular weight excluding hydrogens is 306 g/mol. The molecule has 1 N–H and O–H groups in total. The van der Waals surface area contributed by atoms with E-state index in [9.17, 15) is 9.59 Å². The molecule has 6 heteroatoms. The summed E-state index contributed by atoms with van der Waals surface area (Å²) in [6.07, 6.45) is 3.60. The number of pyridine rings is 1. The number of nitrogens with one attached hydrogen (secondary N) is 1. The maximum absolute atomic E-state index is 12.9. The quantitative estimate of drug-likeness (QED) is 0.913. The standard InChI is InChI=1S/C18H25N3O3/c1-13(22)19-12-15-4-2-5-16(20-15)17-6-3-9-21(17)18(23)14-7-10-24-11-8-14/h2,4-5,14,17H,3,6-12H2,1H3,(H,19,22)/t17-/m1/s1. The molecule has 0 aliphatic carbocycles. The summed E-state index contributed by atoms with van der Waals surface area (Å²) < 4.78 is 5.37. The van der Waals surface area contributed by atoms with Crippen LogP contribution in [0, 0.1) is 5.92 Å². The highest BCUT2D eigenvalue weighted by molar-refractivity contribution is 5.79. The first-order valence-electron chi connectivity index (χ1n) is 8.73. The minimum atomic E-state index is -0.0700. The second kappa shape index (κ2) is 7.75. The van der Waals surface area contributed by atoms with E-state index < -0.39 is 0 Å². The molecule has 2 fully saturated rings. The zero-order valence-electron chi connectivity index (χ0n) is 14.2. The van der Waals surface area contributed by atoms with Crippen LogP contribution in [-0.4, -0.2) is 41.5 Å². The van der Waals surface area contributed by atoms with Crippen molar-refractivity contribution in [3.05, 3.63) is 29.6 Å². The molecule has 3 rings (SSSR count). The maximum atomic E-state index is 12.9. The van der Waals surface area contributed by atoms with E-state index in [-0.39, 0.29) is 23.8 Å². The van der Waals surface area contributed by atoms with E-state index in [0.29, 0.717) is 19.8 Å². The molecule has 1 aromatic heterocycles. The van der Waals surface area contributed by atoms with Crippen molar-refractivity contribution in [2.45, 2.75) is 45.2 Å². The SMILES string of the molecule is CC(=O)NCc1cccc([C@H]2CCCN2C(=O)C2CCOCC2)n1. The predicted molar refractivity (Wildman–Crippen MR) is 89.0 cm³/mol. The number of carbonyl (C=O) groups is 2. The highest BCUT2D eigenvalue weighted by Crippen LogP contribution is 2.33. The molecule has 0 spiro atoms. The molecule has 130 valence electrons. The number of hydrogen-bond acceptors (Lipinski definition) is 4. The van der Waals surface area contributed by atoms with Crippen LogP contribution in [0.15, 0.2) is 18.2 Å². The summed E-state index contributed by atoms with van der Waals surface area (Å²) in [5.74, 6) is 0.260. The van der Waals surface area contributed by atoms with E-state index in [1.165, 1.54) is 6.92 Å². The molecule has 0 saturated carbocycles. The van der Waals surface area contributed by atoms with E-state index in [2.05, 4.69) is 10.3 Å². The largest absolute Gasteiger partial charge is 0.381 e. The van der Waals surface area contributed by atoms with Crippen molar-refractivity contribution in [2.24, 2.45) is 5.92 Å². The van der Waals surface area contributed by atoms with Gasteiger partial charge in [-0.25, -0.2) is 0 Å². The molecule has 2 amide bonds. The molecule has 0 aromatic carbocycles. The average molecular weight is 331 g/mol. The van der Waals surface area contributed by atoms with Gasteiger partial charge in [0.05, 0.1) is 24.0 Å². The Kier molecular flexibility index (Phi) is 5.45. The van der Waals surface area contributed by atoms with Crippen LogP contribution in [0.1, 0.15) is 50.0 Å². The summed E-state index contributed by atoms with van der Waals surface area (Å²) in [5.41, 5.74) is 1.75. The third-order valence-corrected chi connectivity index (χ3v) is 4.79. The normalized spacial score (nSPS) is 21.7. The molecule has 6 nitrogen and oxygen atoms in total. The molecular formula is C18H25N3O3. The van der Waals surface area contributed by atoms with Crippen molar-refractivity contribution in [1.29, 1.82) is 0 Å². The van der Waals surface area contributed by atoms with Crippen LogP contribution in [0.5, 0.6) is 0 Å². The molecule has 1 atom stereocenters. The monoisotopic (exact) mass is 331 g/mol. The first-order chi connectivity index (χ1) is 11.6. The fourth-order valence-corrected chi connectivity index (χ4v) is 3.51. The number of hydrogen-bond donors (Lipinski definition) is 1. The van der Waals surface area contributed by atoms with Gasteiger partial charge in [0.25, 0.3) is 0 Å². The molecule has 3 heterocycles. The molecule has 0 bridgehead atoms. The van der Waals surface area contributed by atoms with Crippen molar-refractivity contribution in [2.75, 3.05) is 19.8 Å². The van der Waals surface area contributed by atoms with Crippen LogP contribution in [0.25, 0.3) is 0 Å². The van der Waals surface area contributed by atoms with Crippen LogP contribution in [-0.2, 0) is 20.9 Å². The molecule has 2 aliphatic rings. The van der Waals surface area contributed by atoms with Gasteiger partial charge in [-0.3, -0.25) is 14.6 Å². The van der Waals surface area contributed by atoms with Gasteiger partial charge < -0.3 is 15.0 Å². The van der Waals surface area contributed by atoms with Crippen molar-refractivity contribution in [1.82, 2.24) is 15.2 Å². The summed E-state index contributed by atoms with van der Waals surface area (Å²) >= 11 is 0. The van der Waals surface area contributed by atoms with Gasteiger partial charge in [0.15, 0.2) is 0 Å². The van der Waals surface area contributed by atoms with E-state index in [4.69, 9.17) is 4.74 Å². The fourth-order valence-electron chi connectivity index (χ4n) is 3.51. The van der Waals surface area contributed by atoms with Gasteiger partial charge in [-0.1, -0.05) is 6.07 Å². The lowest BCUT2D eigenvalue weighted by atomic mass is 9.98. The lowest BCUT2D eigenvalue weighted by Crippen LogP contribution is -2.38. The highest BCUT2D eigenvalue weighted by atomic mass is 16.5. The van der Waals surface area contributed by atoms with Gasteiger partial charge >= 0.3 is 0 Å². The van der Waals surface area contributed by atoms with Crippen molar-refractivity contribution in [3.8, 4) is 0 Å². The van der Waals surface area contributed by atoms with Gasteiger partial charge in [0.2, 0.25) is 11.8 Å². The maximum Gasteiger partial charge on any atom is 0.226 e. The Labute approximate surface area is 142 Å². The molecule has 0 radical (unpaired) electrons. The Morgan fingerprint density at radius 3 is 2.83 bits per heavy atom. The number of ether oxygens (including phenoxy) is 1. The van der Waals surface area contributed by atoms with E-state index >= 15 is 0 Å². The van der Waals surface area contributed by atoms with Crippen LogP contribution < -0.4 is 5.32 Å². The lowest BCUT2D eigenvalue weighted by Gasteiger charge is -2.30. The second-order valence-electron chi connectivity index (χ2n) is 6.54. The predicted octanol–water partition coefficient (Wildman–Crippen LogP) is 1.81. The number of carbonyl (C=O) groups excluding carboxylic acids is 2. The average Bonchev–Trinajstić information content (AvgIpc) is 3.10. The zero-order chi connectivity index (χ0) is 16.9. The first-order valence-corrected chi connectivity index (χ1v) is 8.73. The van der Waals surface area contributed by atoms with Gasteiger partial charge in [-0.15, -0.1) is 0 Å². The van der Waals surface area contributed by atoms with Crippen molar-refractivity contribution < 1.29 is 14.3 Å². The molecule has 24 heavy (non-hydrogen) atoms. The van der Waals surface area contributed by atoms with Crippen LogP contribution in [0.3, 0.4) is 0 Å². The molecule has 1 aromatic rings. The minimum Gasteiger partial charge on any atom is -0.381 e. The summed E-state index contributed by atoms with van der Waals surface area (Å²) in [4.78, 5) is 30.6. The number of rotatable bonds is 4. The van der Waals surface area contributed by atoms with Gasteiger partial charge in [-0.2, -0.15) is 0 Å². The molecule has 2 aliphatic heterocycles. The van der Waals surface area contributed by atoms with Crippen LogP contribution >= 0.6 is 0 Å². The minimum absolute atomic E-state index is 0.0534. The Bertz CT molecular complexity index is 599. The first kappa shape index (κ1) is 16.9. The Balaban J connectivity index is 1.71. The zero-order valence-corrected chi connectivity index (χ0v) is 14.2. The highest BCUT2D eigenvalue weighted by Gasteiger charge is 2.35. The smallest absolute Gasteiger partial charge is 0.226 e. The summed E-state index contributed by atoms with van der Waals surface area (Å²) in [7, 11) is 0. The Hall–Kier alpha value is -1.95. The van der Waals surface area contributed by atoms with E-state index in [0.717, 1.165) is 43.6 Å². The van der Waals surface area contributed by atoms with Gasteiger partial charge in [-0.05, 0) is 37.8 Å². The van der Waals surface area contributed by atoms with E-state index in [1.807, 2.05) is 23.1 Å². The fraction of sp³-hybridized carbons (Fsp3) is 0.611. The van der Waals surface area contributed by atoms with Crippen LogP contribution in [0.2, 0.25) is 0 Å². The number of aromatic nitrogens is 1. The lowest BCUT2D eigenvalue weighted by molar-refractivity contribution is -0.139. The van der Waals surface area contributed by atoms with E-state index in [1.54, 1.807) is 0 Å².